The summed E-state index contributed by atoms with van der Waals surface area (Å²) >= 11 is 0.535. The molecule has 0 amide bonds. The van der Waals surface area contributed by atoms with Gasteiger partial charge in [-0.05, 0) is 0 Å². The third-order valence-electron chi connectivity index (χ3n) is 4.29. The van der Waals surface area contributed by atoms with E-state index >= 15 is 0 Å². The van der Waals surface area contributed by atoms with Gasteiger partial charge in [-0.25, -0.2) is 0 Å². The van der Waals surface area contributed by atoms with Crippen LogP contribution in [0.2, 0.25) is 5.32 Å². The predicted molar refractivity (Wildman–Crippen MR) is 107 cm³/mol. The van der Waals surface area contributed by atoms with Crippen LogP contribution in [0.5, 0.6) is 5.75 Å². The van der Waals surface area contributed by atoms with Crippen LogP contribution in [-0.2, 0) is 4.74 Å². The van der Waals surface area contributed by atoms with Gasteiger partial charge in [-0.15, -0.1) is 0 Å². The summed E-state index contributed by atoms with van der Waals surface area (Å²) in [4.78, 5) is 0. The van der Waals surface area contributed by atoms with Crippen molar-refractivity contribution in [2.24, 2.45) is 0 Å². The van der Waals surface area contributed by atoms with E-state index in [4.69, 9.17) is 9.47 Å². The van der Waals surface area contributed by atoms with Crippen LogP contribution < -0.4 is 9.20 Å². The Morgan fingerprint density at radius 2 is 1.64 bits per heavy atom. The van der Waals surface area contributed by atoms with Crippen LogP contribution in [0.3, 0.4) is 0 Å². The van der Waals surface area contributed by atoms with E-state index in [1.54, 1.807) is 0 Å². The first kappa shape index (κ1) is 20.0. The molecule has 0 aliphatic rings. The Morgan fingerprint density at radius 3 is 2.28 bits per heavy atom. The van der Waals surface area contributed by atoms with Gasteiger partial charge in [-0.1, -0.05) is 6.92 Å². The van der Waals surface area contributed by atoms with Crippen LogP contribution in [-0.4, -0.2) is 27.9 Å². The number of benzene rings is 2. The van der Waals surface area contributed by atoms with Crippen LogP contribution in [0.15, 0.2) is 48.5 Å². The Kier molecular flexibility index (Phi) is 8.54. The minimum atomic E-state index is -0.207. The maximum absolute atomic E-state index is 5.84. The third-order valence-corrected chi connectivity index (χ3v) is 6.60. The van der Waals surface area contributed by atoms with Gasteiger partial charge in [0.25, 0.3) is 0 Å². The predicted octanol–water partition coefficient (Wildman–Crippen LogP) is 5.09. The number of hydrogen-bond acceptors (Lipinski definition) is 2. The zero-order valence-electron chi connectivity index (χ0n) is 15.8. The summed E-state index contributed by atoms with van der Waals surface area (Å²) in [6.45, 7) is 9.31. The van der Waals surface area contributed by atoms with Gasteiger partial charge >= 0.3 is 152 Å². The van der Waals surface area contributed by atoms with Crippen molar-refractivity contribution in [2.75, 3.05) is 6.61 Å². The molecule has 0 N–H and O–H groups in total. The molecule has 0 aliphatic heterocycles. The van der Waals surface area contributed by atoms with E-state index in [0.29, 0.717) is 20.9 Å². The van der Waals surface area contributed by atoms with Gasteiger partial charge in [0.1, 0.15) is 0 Å². The van der Waals surface area contributed by atoms with E-state index in [1.807, 2.05) is 19.1 Å². The standard InChI is InChI=1S/C22H30O2Se/c1-5-18(3)20-9-11-21(12-10-20)24-19(4)23-15-6-16-25-22-13-7-17(2)8-14-22/h7-14,18-19H,5-6,15-16H2,1-4H3. The first-order chi connectivity index (χ1) is 12.1. The van der Waals surface area contributed by atoms with Crippen LogP contribution in [0.1, 0.15) is 50.7 Å². The molecule has 0 spiro atoms. The Morgan fingerprint density at radius 1 is 0.960 bits per heavy atom. The molecule has 2 unspecified atom stereocenters. The number of aryl methyl sites for hydroxylation is 1. The van der Waals surface area contributed by atoms with Crippen molar-refractivity contribution < 1.29 is 9.47 Å². The van der Waals surface area contributed by atoms with Crippen LogP contribution in [0.4, 0.5) is 0 Å². The van der Waals surface area contributed by atoms with Gasteiger partial charge in [-0.2, -0.15) is 0 Å². The van der Waals surface area contributed by atoms with Gasteiger partial charge in [0, 0.05) is 0 Å². The number of ether oxygens (including phenoxy) is 2. The van der Waals surface area contributed by atoms with Crippen LogP contribution in [0.25, 0.3) is 0 Å². The monoisotopic (exact) mass is 406 g/mol. The maximum atomic E-state index is 5.84. The van der Waals surface area contributed by atoms with Crippen molar-refractivity contribution in [1.29, 1.82) is 0 Å². The van der Waals surface area contributed by atoms with Gasteiger partial charge in [-0.3, -0.25) is 0 Å². The first-order valence-corrected chi connectivity index (χ1v) is 11.2. The number of hydrogen-bond donors (Lipinski definition) is 0. The van der Waals surface area contributed by atoms with Gasteiger partial charge in [0.2, 0.25) is 0 Å². The fraction of sp³-hybridized carbons (Fsp3) is 0.455. The molecule has 0 saturated heterocycles. The van der Waals surface area contributed by atoms with Crippen molar-refractivity contribution in [1.82, 2.24) is 0 Å². The van der Waals surface area contributed by atoms with Crippen LogP contribution >= 0.6 is 0 Å². The quantitative estimate of drug-likeness (QED) is 0.312. The van der Waals surface area contributed by atoms with Gasteiger partial charge in [0.15, 0.2) is 0 Å². The molecule has 0 radical (unpaired) electrons. The fourth-order valence-electron chi connectivity index (χ4n) is 2.47. The topological polar surface area (TPSA) is 18.5 Å². The van der Waals surface area contributed by atoms with Crippen molar-refractivity contribution in [3.8, 4) is 5.75 Å². The molecule has 136 valence electrons. The second kappa shape index (κ2) is 10.7. The van der Waals surface area contributed by atoms with Gasteiger partial charge < -0.3 is 0 Å². The molecule has 0 fully saturated rings. The zero-order chi connectivity index (χ0) is 18.1. The molecule has 2 atom stereocenters. The van der Waals surface area contributed by atoms with Crippen molar-refractivity contribution in [3.05, 3.63) is 59.7 Å². The summed E-state index contributed by atoms with van der Waals surface area (Å²) in [7, 11) is 0. The second-order valence-corrected chi connectivity index (χ2v) is 8.90. The minimum absolute atomic E-state index is 0.207. The van der Waals surface area contributed by atoms with Crippen molar-refractivity contribution in [3.63, 3.8) is 0 Å². The number of rotatable bonds is 10. The summed E-state index contributed by atoms with van der Waals surface area (Å²) in [5.41, 5.74) is 2.69. The summed E-state index contributed by atoms with van der Waals surface area (Å²) in [6, 6.07) is 17.3. The Labute approximate surface area is 159 Å². The Balaban J connectivity index is 1.63. The molecular formula is C22H30O2Se. The first-order valence-electron chi connectivity index (χ1n) is 9.16. The summed E-state index contributed by atoms with van der Waals surface area (Å²) < 4.78 is 13.1. The second-order valence-electron chi connectivity index (χ2n) is 6.45. The van der Waals surface area contributed by atoms with E-state index < -0.39 is 0 Å². The molecule has 2 aromatic carbocycles. The Hall–Kier alpha value is -1.28. The molecule has 2 nitrogen and oxygen atoms in total. The van der Waals surface area contributed by atoms with Crippen molar-refractivity contribution >= 4 is 19.4 Å². The molecule has 0 heterocycles. The van der Waals surface area contributed by atoms with E-state index in [-0.39, 0.29) is 6.29 Å². The Bertz CT molecular complexity index is 607. The van der Waals surface area contributed by atoms with Crippen LogP contribution in [0, 0.1) is 6.92 Å². The summed E-state index contributed by atoms with van der Waals surface area (Å²) in [6.07, 6.45) is 2.03. The summed E-state index contributed by atoms with van der Waals surface area (Å²) in [5, 5.41) is 1.20. The SMILES string of the molecule is CCC(C)c1ccc(OC(C)OCCC[Se]c2ccc(C)cc2)cc1. The molecule has 2 rings (SSSR count). The van der Waals surface area contributed by atoms with Gasteiger partial charge in [0.05, 0.1) is 0 Å². The summed E-state index contributed by atoms with van der Waals surface area (Å²) in [5.74, 6) is 1.47. The normalized spacial score (nSPS) is 13.4. The van der Waals surface area contributed by atoms with E-state index in [1.165, 1.54) is 20.9 Å². The average molecular weight is 405 g/mol. The molecule has 3 heteroatoms. The molecule has 25 heavy (non-hydrogen) atoms. The fourth-order valence-corrected chi connectivity index (χ4v) is 4.20. The molecule has 0 saturated carbocycles. The molecular weight excluding hydrogens is 375 g/mol. The van der Waals surface area contributed by atoms with E-state index in [0.717, 1.165) is 25.2 Å². The molecule has 0 bridgehead atoms. The zero-order valence-corrected chi connectivity index (χ0v) is 17.5. The average Bonchev–Trinajstić information content (AvgIpc) is 2.63. The molecule has 2 aromatic rings. The third kappa shape index (κ3) is 7.23. The van der Waals surface area contributed by atoms with Crippen molar-refractivity contribution in [2.45, 2.75) is 58.1 Å². The van der Waals surface area contributed by atoms with E-state index in [2.05, 4.69) is 57.2 Å². The molecule has 0 aromatic heterocycles. The van der Waals surface area contributed by atoms with E-state index in [9.17, 15) is 0 Å². The molecule has 0 aliphatic carbocycles.